The summed E-state index contributed by atoms with van der Waals surface area (Å²) in [6.45, 7) is 14.9. The molecule has 2 nitrogen and oxygen atoms in total. The van der Waals surface area contributed by atoms with Gasteiger partial charge in [-0.25, -0.2) is 0 Å². The average Bonchev–Trinajstić information content (AvgIpc) is 3.40. The zero-order valence-electron chi connectivity index (χ0n) is 32.0. The molecule has 0 saturated heterocycles. The molecule has 0 spiro atoms. The minimum absolute atomic E-state index is 0.0477. The molecule has 3 fully saturated rings. The third-order valence-electron chi connectivity index (χ3n) is 13.9. The van der Waals surface area contributed by atoms with E-state index < -0.39 is 0 Å². The van der Waals surface area contributed by atoms with Crippen LogP contribution in [0.1, 0.15) is 189 Å². The Morgan fingerprint density at radius 1 is 0.830 bits per heavy atom. The Morgan fingerprint density at radius 2 is 1.55 bits per heavy atom. The first-order valence-electron chi connectivity index (χ1n) is 20.9. The van der Waals surface area contributed by atoms with Crippen LogP contribution in [0.5, 0.6) is 0 Å². The summed E-state index contributed by atoms with van der Waals surface area (Å²) in [5.41, 5.74) is 2.52. The van der Waals surface area contributed by atoms with Crippen LogP contribution in [0.4, 0.5) is 0 Å². The first-order valence-corrected chi connectivity index (χ1v) is 20.9. The number of carbonyl (C=O) groups is 1. The molecule has 0 aliphatic heterocycles. The molecule has 268 valence electrons. The summed E-state index contributed by atoms with van der Waals surface area (Å²) in [5.74, 6) is 5.30. The molecule has 0 heterocycles. The van der Waals surface area contributed by atoms with E-state index in [9.17, 15) is 4.79 Å². The zero-order valence-corrected chi connectivity index (χ0v) is 32.0. The normalized spacial score (nSPS) is 32.7. The topological polar surface area (TPSA) is 26.3 Å². The Morgan fingerprint density at radius 3 is 2.30 bits per heavy atom. The highest BCUT2D eigenvalue weighted by molar-refractivity contribution is 5.69. The van der Waals surface area contributed by atoms with Gasteiger partial charge in [-0.2, -0.15) is 0 Å². The van der Waals surface area contributed by atoms with Crippen LogP contribution in [0.15, 0.2) is 36.0 Å². The van der Waals surface area contributed by atoms with Gasteiger partial charge in [-0.05, 0) is 130 Å². The van der Waals surface area contributed by atoms with E-state index in [1.165, 1.54) is 109 Å². The van der Waals surface area contributed by atoms with Gasteiger partial charge in [0.1, 0.15) is 6.10 Å². The summed E-state index contributed by atoms with van der Waals surface area (Å²) in [6.07, 6.45) is 40.5. The van der Waals surface area contributed by atoms with Crippen LogP contribution >= 0.6 is 0 Å². The number of hydrogen-bond acceptors (Lipinski definition) is 2. The van der Waals surface area contributed by atoms with E-state index in [0.29, 0.717) is 17.3 Å². The number of unbranched alkanes of at least 4 members (excludes halogenated alkanes) is 8. The summed E-state index contributed by atoms with van der Waals surface area (Å²) in [7, 11) is 0. The number of fused-ring (bicyclic) bond motifs is 5. The number of carbonyl (C=O) groups excluding carboxylic acids is 1. The molecular weight excluding hydrogens is 572 g/mol. The predicted molar refractivity (Wildman–Crippen MR) is 202 cm³/mol. The molecule has 0 radical (unpaired) electrons. The molecule has 0 amide bonds. The molecule has 47 heavy (non-hydrogen) atoms. The molecule has 0 aromatic carbocycles. The number of esters is 1. The molecule has 4 aliphatic carbocycles. The quantitative estimate of drug-likeness (QED) is 0.0746. The van der Waals surface area contributed by atoms with Crippen LogP contribution in [0.2, 0.25) is 0 Å². The highest BCUT2D eigenvalue weighted by atomic mass is 16.5. The predicted octanol–water partition coefficient (Wildman–Crippen LogP) is 13.8. The fourth-order valence-electron chi connectivity index (χ4n) is 11.1. The van der Waals surface area contributed by atoms with Gasteiger partial charge in [0, 0.05) is 12.8 Å². The summed E-state index contributed by atoms with van der Waals surface area (Å²) in [6, 6.07) is 0. The SMILES string of the molecule is CCCCC/C=C\C/C=C\CCCCCCCC(=O)OC1CC[C@@]2(C)C(=CCC3C4CCC([C@H](C)CCCC(C)C)[C@@]4(C)CCC32)C1. The first kappa shape index (κ1) is 38.5. The van der Waals surface area contributed by atoms with E-state index in [4.69, 9.17) is 4.74 Å². The summed E-state index contributed by atoms with van der Waals surface area (Å²) < 4.78 is 6.12. The monoisotopic (exact) mass is 649 g/mol. The van der Waals surface area contributed by atoms with Crippen molar-refractivity contribution in [1.29, 1.82) is 0 Å². The molecule has 4 aliphatic rings. The maximum Gasteiger partial charge on any atom is 0.306 e. The van der Waals surface area contributed by atoms with Gasteiger partial charge in [0.25, 0.3) is 0 Å². The maximum atomic E-state index is 12.8. The van der Waals surface area contributed by atoms with Crippen molar-refractivity contribution in [2.75, 3.05) is 0 Å². The average molecular weight is 649 g/mol. The van der Waals surface area contributed by atoms with Gasteiger partial charge in [-0.1, -0.05) is 129 Å². The fraction of sp³-hybridized carbons (Fsp3) is 0.844. The second kappa shape index (κ2) is 19.2. The lowest BCUT2D eigenvalue weighted by Gasteiger charge is -2.58. The van der Waals surface area contributed by atoms with E-state index in [1.807, 2.05) is 0 Å². The van der Waals surface area contributed by atoms with Crippen molar-refractivity contribution in [3.8, 4) is 0 Å². The van der Waals surface area contributed by atoms with Gasteiger partial charge in [0.2, 0.25) is 0 Å². The standard InChI is InChI=1S/C45H76O2/c1-7-8-9-10-11-12-13-14-15-16-17-18-19-20-21-25-43(46)47-38-30-32-44(5)37(34-38)26-27-39-41-29-28-40(36(4)24-22-23-35(2)3)45(41,6)33-31-42(39)44/h11-12,14-15,26,35-36,38-42H,7-10,13,16-25,27-34H2,1-6H3/b12-11-,15-14-/t36-,38?,39?,40?,41?,42?,44+,45-/m1/s1. The van der Waals surface area contributed by atoms with Gasteiger partial charge >= 0.3 is 5.97 Å². The van der Waals surface area contributed by atoms with Gasteiger partial charge in [-0.3, -0.25) is 4.79 Å². The van der Waals surface area contributed by atoms with Crippen molar-refractivity contribution in [3.05, 3.63) is 36.0 Å². The zero-order chi connectivity index (χ0) is 33.7. The molecule has 0 aromatic rings. The lowest BCUT2D eigenvalue weighted by molar-refractivity contribution is -0.151. The number of allylic oxidation sites excluding steroid dienone is 5. The molecule has 5 unspecified atom stereocenters. The molecule has 2 heteroatoms. The highest BCUT2D eigenvalue weighted by Crippen LogP contribution is 2.67. The molecule has 8 atom stereocenters. The molecule has 0 bridgehead atoms. The lowest BCUT2D eigenvalue weighted by Crippen LogP contribution is -2.51. The molecule has 4 rings (SSSR count). The highest BCUT2D eigenvalue weighted by Gasteiger charge is 2.59. The van der Waals surface area contributed by atoms with Crippen LogP contribution in [-0.2, 0) is 9.53 Å². The van der Waals surface area contributed by atoms with Crippen molar-refractivity contribution in [2.45, 2.75) is 195 Å². The maximum absolute atomic E-state index is 12.8. The number of ether oxygens (including phenoxy) is 1. The second-order valence-corrected chi connectivity index (χ2v) is 17.6. The van der Waals surface area contributed by atoms with E-state index in [-0.39, 0.29) is 12.1 Å². The van der Waals surface area contributed by atoms with E-state index in [0.717, 1.165) is 67.6 Å². The molecule has 3 saturated carbocycles. The summed E-state index contributed by atoms with van der Waals surface area (Å²) in [4.78, 5) is 12.8. The number of rotatable bonds is 20. The van der Waals surface area contributed by atoms with E-state index in [1.54, 1.807) is 5.57 Å². The van der Waals surface area contributed by atoms with Crippen LogP contribution in [-0.4, -0.2) is 12.1 Å². The lowest BCUT2D eigenvalue weighted by atomic mass is 9.47. The summed E-state index contributed by atoms with van der Waals surface area (Å²) in [5, 5.41) is 0. The Hall–Kier alpha value is -1.31. The van der Waals surface area contributed by atoms with Crippen molar-refractivity contribution >= 4 is 5.97 Å². The van der Waals surface area contributed by atoms with Crippen molar-refractivity contribution in [3.63, 3.8) is 0 Å². The van der Waals surface area contributed by atoms with Crippen LogP contribution in [0, 0.1) is 46.3 Å². The number of hydrogen-bond donors (Lipinski definition) is 0. The van der Waals surface area contributed by atoms with Gasteiger partial charge in [-0.15, -0.1) is 0 Å². The Balaban J connectivity index is 1.13. The smallest absolute Gasteiger partial charge is 0.306 e. The van der Waals surface area contributed by atoms with E-state index in [2.05, 4.69) is 71.9 Å². The Kier molecular flexibility index (Phi) is 15.7. The van der Waals surface area contributed by atoms with Gasteiger partial charge in [0.15, 0.2) is 0 Å². The third-order valence-corrected chi connectivity index (χ3v) is 13.9. The van der Waals surface area contributed by atoms with Crippen LogP contribution in [0.3, 0.4) is 0 Å². The minimum Gasteiger partial charge on any atom is -0.462 e. The Bertz CT molecular complexity index is 1020. The van der Waals surface area contributed by atoms with Gasteiger partial charge < -0.3 is 4.74 Å². The largest absolute Gasteiger partial charge is 0.462 e. The molecular formula is C45H76O2. The van der Waals surface area contributed by atoms with Crippen molar-refractivity contribution in [2.24, 2.45) is 46.3 Å². The van der Waals surface area contributed by atoms with Crippen molar-refractivity contribution < 1.29 is 9.53 Å². The van der Waals surface area contributed by atoms with Crippen LogP contribution in [0.25, 0.3) is 0 Å². The van der Waals surface area contributed by atoms with E-state index >= 15 is 0 Å². The minimum atomic E-state index is 0.0477. The first-order chi connectivity index (χ1) is 22.7. The molecule has 0 aromatic heterocycles. The second-order valence-electron chi connectivity index (χ2n) is 17.6. The van der Waals surface area contributed by atoms with Crippen molar-refractivity contribution in [1.82, 2.24) is 0 Å². The summed E-state index contributed by atoms with van der Waals surface area (Å²) >= 11 is 0. The molecule has 0 N–H and O–H groups in total. The Labute approximate surface area is 292 Å². The fourth-order valence-corrected chi connectivity index (χ4v) is 11.1. The third kappa shape index (κ3) is 10.6. The van der Waals surface area contributed by atoms with Gasteiger partial charge in [0.05, 0.1) is 0 Å². The van der Waals surface area contributed by atoms with Crippen LogP contribution < -0.4 is 0 Å².